The molecule has 0 amide bonds. The standard InChI is InChI=1S/C12H22N4O/c1-7(2)6-9-15-11(14-8(3)4)10(13)12(16-9)17-5/h7-8H,6,13H2,1-5H3,(H,14,15,16). The van der Waals surface area contributed by atoms with Crippen molar-refractivity contribution in [3.8, 4) is 5.88 Å². The molecule has 3 N–H and O–H groups in total. The number of aromatic nitrogens is 2. The summed E-state index contributed by atoms with van der Waals surface area (Å²) in [7, 11) is 1.57. The van der Waals surface area contributed by atoms with Crippen LogP contribution in [-0.2, 0) is 6.42 Å². The molecule has 0 aliphatic carbocycles. The summed E-state index contributed by atoms with van der Waals surface area (Å²) >= 11 is 0. The molecule has 0 fully saturated rings. The largest absolute Gasteiger partial charge is 0.479 e. The fourth-order valence-electron chi connectivity index (χ4n) is 1.49. The number of hydrogen-bond acceptors (Lipinski definition) is 5. The third-order valence-electron chi connectivity index (χ3n) is 2.17. The summed E-state index contributed by atoms with van der Waals surface area (Å²) in [6.07, 6.45) is 0.809. The predicted octanol–water partition coefficient (Wildman–Crippen LogP) is 2.09. The molecule has 0 saturated heterocycles. The van der Waals surface area contributed by atoms with Crippen molar-refractivity contribution >= 4 is 11.5 Å². The van der Waals surface area contributed by atoms with Crippen molar-refractivity contribution in [3.05, 3.63) is 5.82 Å². The average Bonchev–Trinajstić information content (AvgIpc) is 2.21. The maximum Gasteiger partial charge on any atom is 0.242 e. The maximum absolute atomic E-state index is 5.93. The van der Waals surface area contributed by atoms with Gasteiger partial charge in [0.2, 0.25) is 5.88 Å². The zero-order valence-corrected chi connectivity index (χ0v) is 11.2. The minimum Gasteiger partial charge on any atom is -0.479 e. The van der Waals surface area contributed by atoms with E-state index < -0.39 is 0 Å². The van der Waals surface area contributed by atoms with E-state index in [1.165, 1.54) is 0 Å². The summed E-state index contributed by atoms with van der Waals surface area (Å²) in [5.41, 5.74) is 6.40. The van der Waals surface area contributed by atoms with Crippen LogP contribution in [0, 0.1) is 5.92 Å². The number of anilines is 2. The Morgan fingerprint density at radius 3 is 2.35 bits per heavy atom. The van der Waals surface area contributed by atoms with E-state index in [0.29, 0.717) is 23.3 Å². The monoisotopic (exact) mass is 238 g/mol. The van der Waals surface area contributed by atoms with Crippen molar-refractivity contribution in [2.75, 3.05) is 18.2 Å². The lowest BCUT2D eigenvalue weighted by Crippen LogP contribution is -2.16. The number of methoxy groups -OCH3 is 1. The average molecular weight is 238 g/mol. The van der Waals surface area contributed by atoms with Crippen LogP contribution in [0.1, 0.15) is 33.5 Å². The fraction of sp³-hybridized carbons (Fsp3) is 0.667. The van der Waals surface area contributed by atoms with E-state index in [9.17, 15) is 0 Å². The molecular weight excluding hydrogens is 216 g/mol. The second-order valence-corrected chi connectivity index (χ2v) is 4.81. The van der Waals surface area contributed by atoms with E-state index in [1.54, 1.807) is 7.11 Å². The van der Waals surface area contributed by atoms with Gasteiger partial charge in [0, 0.05) is 12.5 Å². The van der Waals surface area contributed by atoms with E-state index in [0.717, 1.165) is 12.2 Å². The Hall–Kier alpha value is -1.52. The zero-order chi connectivity index (χ0) is 13.0. The summed E-state index contributed by atoms with van der Waals surface area (Å²) in [5.74, 6) is 2.35. The number of nitrogen functional groups attached to an aromatic ring is 1. The maximum atomic E-state index is 5.93. The molecule has 0 aromatic carbocycles. The molecule has 1 heterocycles. The predicted molar refractivity (Wildman–Crippen MR) is 70.3 cm³/mol. The van der Waals surface area contributed by atoms with Gasteiger partial charge in [0.25, 0.3) is 0 Å². The highest BCUT2D eigenvalue weighted by Gasteiger charge is 2.13. The smallest absolute Gasteiger partial charge is 0.242 e. The summed E-state index contributed by atoms with van der Waals surface area (Å²) in [6.45, 7) is 8.33. The van der Waals surface area contributed by atoms with E-state index in [1.807, 2.05) is 13.8 Å². The normalized spacial score (nSPS) is 11.0. The summed E-state index contributed by atoms with van der Waals surface area (Å²) in [4.78, 5) is 8.73. The molecule has 0 saturated carbocycles. The molecule has 1 aromatic rings. The van der Waals surface area contributed by atoms with Gasteiger partial charge in [-0.15, -0.1) is 0 Å². The van der Waals surface area contributed by atoms with E-state index in [-0.39, 0.29) is 6.04 Å². The fourth-order valence-corrected chi connectivity index (χ4v) is 1.49. The first-order valence-electron chi connectivity index (χ1n) is 5.91. The zero-order valence-electron chi connectivity index (χ0n) is 11.2. The molecule has 0 spiro atoms. The minimum absolute atomic E-state index is 0.267. The summed E-state index contributed by atoms with van der Waals surface area (Å²) in [5, 5.41) is 3.21. The van der Waals surface area contributed by atoms with Gasteiger partial charge >= 0.3 is 0 Å². The van der Waals surface area contributed by atoms with E-state index in [2.05, 4.69) is 29.1 Å². The molecule has 5 heteroatoms. The highest BCUT2D eigenvalue weighted by molar-refractivity contribution is 5.67. The molecule has 0 bridgehead atoms. The molecule has 5 nitrogen and oxygen atoms in total. The van der Waals surface area contributed by atoms with Crippen molar-refractivity contribution in [1.29, 1.82) is 0 Å². The van der Waals surface area contributed by atoms with Crippen LogP contribution in [0.3, 0.4) is 0 Å². The molecule has 1 aromatic heterocycles. The number of nitrogens with one attached hydrogen (secondary N) is 1. The van der Waals surface area contributed by atoms with Crippen LogP contribution in [0.5, 0.6) is 5.88 Å². The van der Waals surface area contributed by atoms with Gasteiger partial charge in [-0.05, 0) is 19.8 Å². The Kier molecular flexibility index (Phi) is 4.54. The molecule has 0 unspecified atom stereocenters. The van der Waals surface area contributed by atoms with Gasteiger partial charge in [0.15, 0.2) is 5.82 Å². The van der Waals surface area contributed by atoms with Crippen molar-refractivity contribution in [3.63, 3.8) is 0 Å². The Labute approximate surface area is 103 Å². The third-order valence-corrected chi connectivity index (χ3v) is 2.17. The second kappa shape index (κ2) is 5.70. The number of rotatable bonds is 5. The van der Waals surface area contributed by atoms with Crippen LogP contribution in [0.15, 0.2) is 0 Å². The van der Waals surface area contributed by atoms with Crippen LogP contribution in [0.4, 0.5) is 11.5 Å². The molecule has 0 aliphatic rings. The quantitative estimate of drug-likeness (QED) is 0.821. The first kappa shape index (κ1) is 13.5. The number of ether oxygens (including phenoxy) is 1. The van der Waals surface area contributed by atoms with Crippen LogP contribution < -0.4 is 15.8 Å². The van der Waals surface area contributed by atoms with Gasteiger partial charge < -0.3 is 15.8 Å². The van der Waals surface area contributed by atoms with Crippen molar-refractivity contribution in [2.45, 2.75) is 40.2 Å². The molecular formula is C12H22N4O. The Bertz CT molecular complexity index is 377. The van der Waals surface area contributed by atoms with Crippen LogP contribution in [0.2, 0.25) is 0 Å². The highest BCUT2D eigenvalue weighted by Crippen LogP contribution is 2.26. The first-order valence-corrected chi connectivity index (χ1v) is 5.91. The van der Waals surface area contributed by atoms with Gasteiger partial charge in [-0.1, -0.05) is 13.8 Å². The lowest BCUT2D eigenvalue weighted by atomic mass is 10.1. The van der Waals surface area contributed by atoms with Crippen LogP contribution in [-0.4, -0.2) is 23.1 Å². The lowest BCUT2D eigenvalue weighted by molar-refractivity contribution is 0.396. The summed E-state index contributed by atoms with van der Waals surface area (Å²) in [6, 6.07) is 0.267. The minimum atomic E-state index is 0.267. The molecule has 0 atom stereocenters. The van der Waals surface area contributed by atoms with Gasteiger partial charge in [0.1, 0.15) is 11.5 Å². The Morgan fingerprint density at radius 1 is 1.24 bits per heavy atom. The second-order valence-electron chi connectivity index (χ2n) is 4.81. The number of hydrogen-bond donors (Lipinski definition) is 2. The molecule has 0 aliphatic heterocycles. The first-order chi connectivity index (χ1) is 7.93. The van der Waals surface area contributed by atoms with E-state index >= 15 is 0 Å². The van der Waals surface area contributed by atoms with Crippen molar-refractivity contribution < 1.29 is 4.74 Å². The van der Waals surface area contributed by atoms with Crippen molar-refractivity contribution in [1.82, 2.24) is 9.97 Å². The number of nitrogens with zero attached hydrogens (tertiary/aromatic N) is 2. The lowest BCUT2D eigenvalue weighted by Gasteiger charge is -2.15. The summed E-state index contributed by atoms with van der Waals surface area (Å²) < 4.78 is 5.17. The molecule has 0 radical (unpaired) electrons. The molecule has 1 rings (SSSR count). The van der Waals surface area contributed by atoms with Crippen molar-refractivity contribution in [2.24, 2.45) is 5.92 Å². The van der Waals surface area contributed by atoms with Gasteiger partial charge in [-0.2, -0.15) is 4.98 Å². The van der Waals surface area contributed by atoms with Gasteiger partial charge in [0.05, 0.1) is 7.11 Å². The Balaban J connectivity index is 3.09. The van der Waals surface area contributed by atoms with E-state index in [4.69, 9.17) is 10.5 Å². The molecule has 17 heavy (non-hydrogen) atoms. The SMILES string of the molecule is COc1nc(CC(C)C)nc(NC(C)C)c1N. The third kappa shape index (κ3) is 3.76. The number of nitrogens with two attached hydrogens (primary N) is 1. The van der Waals surface area contributed by atoms with Crippen LogP contribution >= 0.6 is 0 Å². The molecule has 96 valence electrons. The highest BCUT2D eigenvalue weighted by atomic mass is 16.5. The van der Waals surface area contributed by atoms with Gasteiger partial charge in [-0.25, -0.2) is 4.98 Å². The topological polar surface area (TPSA) is 73.1 Å². The Morgan fingerprint density at radius 2 is 1.88 bits per heavy atom. The van der Waals surface area contributed by atoms with Crippen LogP contribution in [0.25, 0.3) is 0 Å². The van der Waals surface area contributed by atoms with Gasteiger partial charge in [-0.3, -0.25) is 0 Å².